The van der Waals surface area contributed by atoms with Gasteiger partial charge in [0.15, 0.2) is 0 Å². The van der Waals surface area contributed by atoms with E-state index in [-0.39, 0.29) is 18.3 Å². The standard InChI is InChI=1S/C20H37N5O6S/c1-6-11(4)16(20(30)31)25-18(28)13(9-14(21)26)24-17(27)12(7-8-32-5)23-19(29)15(22)10(2)3/h10-13,15-16H,6-9,22H2,1-5H3,(H2,21,26)(H,23,29)(H,24,27)(H,25,28)(H,30,31). The van der Waals surface area contributed by atoms with E-state index < -0.39 is 60.2 Å². The van der Waals surface area contributed by atoms with Gasteiger partial charge in [-0.2, -0.15) is 11.8 Å². The molecule has 0 saturated carbocycles. The SMILES string of the molecule is CCC(C)C(NC(=O)C(CC(N)=O)NC(=O)C(CCSC)NC(=O)C(N)C(C)C)C(=O)O. The van der Waals surface area contributed by atoms with Gasteiger partial charge in [-0.25, -0.2) is 4.79 Å². The van der Waals surface area contributed by atoms with Crippen LogP contribution in [0.2, 0.25) is 0 Å². The van der Waals surface area contributed by atoms with E-state index in [1.54, 1.807) is 27.7 Å². The van der Waals surface area contributed by atoms with Crippen LogP contribution < -0.4 is 27.4 Å². The zero-order valence-electron chi connectivity index (χ0n) is 19.3. The Hall–Kier alpha value is -2.34. The number of hydrogen-bond donors (Lipinski definition) is 6. The molecule has 0 aromatic heterocycles. The van der Waals surface area contributed by atoms with Crippen LogP contribution in [-0.2, 0) is 24.0 Å². The van der Waals surface area contributed by atoms with E-state index in [2.05, 4.69) is 16.0 Å². The molecule has 11 nitrogen and oxygen atoms in total. The fourth-order valence-corrected chi connectivity index (χ4v) is 3.17. The summed E-state index contributed by atoms with van der Waals surface area (Å²) in [6.45, 7) is 6.97. The number of aliphatic carboxylic acids is 1. The summed E-state index contributed by atoms with van der Waals surface area (Å²) in [7, 11) is 0. The molecule has 12 heteroatoms. The van der Waals surface area contributed by atoms with Crippen molar-refractivity contribution in [3.63, 3.8) is 0 Å². The molecule has 0 aliphatic carbocycles. The van der Waals surface area contributed by atoms with Crippen molar-refractivity contribution in [1.29, 1.82) is 0 Å². The molecule has 0 saturated heterocycles. The van der Waals surface area contributed by atoms with Crippen molar-refractivity contribution in [3.8, 4) is 0 Å². The molecular formula is C20H37N5O6S. The van der Waals surface area contributed by atoms with Gasteiger partial charge in [0.1, 0.15) is 18.1 Å². The highest BCUT2D eigenvalue weighted by atomic mass is 32.2. The average Bonchev–Trinajstić information content (AvgIpc) is 2.71. The molecule has 4 amide bonds. The Bertz CT molecular complexity index is 675. The number of carbonyl (C=O) groups excluding carboxylic acids is 4. The third kappa shape index (κ3) is 10.3. The summed E-state index contributed by atoms with van der Waals surface area (Å²) >= 11 is 1.46. The van der Waals surface area contributed by atoms with Gasteiger partial charge >= 0.3 is 5.97 Å². The molecule has 0 heterocycles. The minimum Gasteiger partial charge on any atom is -0.480 e. The topological polar surface area (TPSA) is 194 Å². The molecule has 0 fully saturated rings. The van der Waals surface area contributed by atoms with Crippen molar-refractivity contribution in [2.75, 3.05) is 12.0 Å². The Morgan fingerprint density at radius 3 is 1.91 bits per heavy atom. The summed E-state index contributed by atoms with van der Waals surface area (Å²) < 4.78 is 0. The average molecular weight is 476 g/mol. The zero-order valence-corrected chi connectivity index (χ0v) is 20.2. The first kappa shape index (κ1) is 29.7. The lowest BCUT2D eigenvalue weighted by molar-refractivity contribution is -0.144. The summed E-state index contributed by atoms with van der Waals surface area (Å²) in [5.41, 5.74) is 11.1. The minimum atomic E-state index is -1.39. The second-order valence-corrected chi connectivity index (χ2v) is 9.04. The van der Waals surface area contributed by atoms with Gasteiger partial charge < -0.3 is 32.5 Å². The number of thioether (sulfide) groups is 1. The van der Waals surface area contributed by atoms with Crippen molar-refractivity contribution in [2.24, 2.45) is 23.3 Å². The third-order valence-electron chi connectivity index (χ3n) is 5.08. The van der Waals surface area contributed by atoms with Gasteiger partial charge in [-0.3, -0.25) is 19.2 Å². The molecule has 0 aliphatic heterocycles. The van der Waals surface area contributed by atoms with E-state index >= 15 is 0 Å². The highest BCUT2D eigenvalue weighted by Gasteiger charge is 2.32. The molecule has 0 rings (SSSR count). The summed E-state index contributed by atoms with van der Waals surface area (Å²) in [6, 6.07) is -4.40. The highest BCUT2D eigenvalue weighted by Crippen LogP contribution is 2.09. The van der Waals surface area contributed by atoms with Crippen LogP contribution in [0.1, 0.15) is 47.0 Å². The lowest BCUT2D eigenvalue weighted by Gasteiger charge is -2.26. The molecule has 0 aromatic carbocycles. The van der Waals surface area contributed by atoms with Crippen molar-refractivity contribution in [1.82, 2.24) is 16.0 Å². The number of rotatable bonds is 15. The predicted molar refractivity (Wildman–Crippen MR) is 123 cm³/mol. The van der Waals surface area contributed by atoms with Crippen molar-refractivity contribution in [3.05, 3.63) is 0 Å². The van der Waals surface area contributed by atoms with E-state index in [1.165, 1.54) is 11.8 Å². The summed E-state index contributed by atoms with van der Waals surface area (Å²) in [4.78, 5) is 60.9. The minimum absolute atomic E-state index is 0.152. The summed E-state index contributed by atoms with van der Waals surface area (Å²) in [5.74, 6) is -4.14. The molecule has 0 aromatic rings. The van der Waals surface area contributed by atoms with E-state index in [4.69, 9.17) is 11.5 Å². The lowest BCUT2D eigenvalue weighted by atomic mass is 9.98. The van der Waals surface area contributed by atoms with Gasteiger partial charge in [0.05, 0.1) is 12.5 Å². The monoisotopic (exact) mass is 475 g/mol. The smallest absolute Gasteiger partial charge is 0.326 e. The van der Waals surface area contributed by atoms with Crippen LogP contribution in [-0.4, -0.2) is 70.9 Å². The van der Waals surface area contributed by atoms with Crippen LogP contribution >= 0.6 is 11.8 Å². The maximum absolute atomic E-state index is 12.9. The van der Waals surface area contributed by atoms with Gasteiger partial charge in [-0.05, 0) is 30.3 Å². The van der Waals surface area contributed by atoms with Crippen LogP contribution in [0.5, 0.6) is 0 Å². The molecule has 0 aliphatic rings. The lowest BCUT2D eigenvalue weighted by Crippen LogP contribution is -2.58. The first-order valence-electron chi connectivity index (χ1n) is 10.5. The quantitative estimate of drug-likeness (QED) is 0.177. The Balaban J connectivity index is 5.54. The largest absolute Gasteiger partial charge is 0.480 e. The molecule has 8 N–H and O–H groups in total. The molecule has 0 radical (unpaired) electrons. The van der Waals surface area contributed by atoms with Crippen LogP contribution in [0.15, 0.2) is 0 Å². The molecule has 5 atom stereocenters. The van der Waals surface area contributed by atoms with Crippen LogP contribution in [0.3, 0.4) is 0 Å². The molecule has 5 unspecified atom stereocenters. The number of nitrogens with one attached hydrogen (secondary N) is 3. The third-order valence-corrected chi connectivity index (χ3v) is 5.72. The number of carboxylic acids is 1. The molecule has 0 bridgehead atoms. The van der Waals surface area contributed by atoms with Gasteiger partial charge in [0.2, 0.25) is 23.6 Å². The Morgan fingerprint density at radius 1 is 0.938 bits per heavy atom. The van der Waals surface area contributed by atoms with E-state index in [9.17, 15) is 29.1 Å². The van der Waals surface area contributed by atoms with E-state index in [1.807, 2.05) is 6.26 Å². The fraction of sp³-hybridized carbons (Fsp3) is 0.750. The predicted octanol–water partition coefficient (Wildman–Crippen LogP) is -0.817. The maximum Gasteiger partial charge on any atom is 0.326 e. The van der Waals surface area contributed by atoms with Crippen molar-refractivity contribution >= 4 is 41.4 Å². The van der Waals surface area contributed by atoms with Crippen LogP contribution in [0, 0.1) is 11.8 Å². The Morgan fingerprint density at radius 2 is 1.47 bits per heavy atom. The zero-order chi connectivity index (χ0) is 25.0. The first-order valence-corrected chi connectivity index (χ1v) is 11.9. The molecule has 0 spiro atoms. The second kappa shape index (κ2) is 14.7. The number of carbonyl (C=O) groups is 5. The van der Waals surface area contributed by atoms with Gasteiger partial charge in [-0.15, -0.1) is 0 Å². The van der Waals surface area contributed by atoms with Gasteiger partial charge in [0, 0.05) is 0 Å². The normalized spacial score (nSPS) is 15.7. The highest BCUT2D eigenvalue weighted by molar-refractivity contribution is 7.98. The summed E-state index contributed by atoms with van der Waals surface area (Å²) in [5, 5.41) is 16.8. The molecule has 32 heavy (non-hydrogen) atoms. The number of hydrogen-bond acceptors (Lipinski definition) is 7. The number of primary amides is 1. The van der Waals surface area contributed by atoms with Crippen LogP contribution in [0.4, 0.5) is 0 Å². The van der Waals surface area contributed by atoms with E-state index in [0.717, 1.165) is 0 Å². The first-order chi connectivity index (χ1) is 14.8. The van der Waals surface area contributed by atoms with Gasteiger partial charge in [0.25, 0.3) is 0 Å². The summed E-state index contributed by atoms with van der Waals surface area (Å²) in [6.07, 6.45) is 2.06. The fourth-order valence-electron chi connectivity index (χ4n) is 2.69. The Labute approximate surface area is 193 Å². The molecular weight excluding hydrogens is 438 g/mol. The second-order valence-electron chi connectivity index (χ2n) is 8.05. The number of carboxylic acid groups (broad SMARTS) is 1. The number of amides is 4. The van der Waals surface area contributed by atoms with Crippen molar-refractivity contribution < 1.29 is 29.1 Å². The molecule has 184 valence electrons. The van der Waals surface area contributed by atoms with Crippen LogP contribution in [0.25, 0.3) is 0 Å². The van der Waals surface area contributed by atoms with Crippen molar-refractivity contribution in [2.45, 2.75) is 71.1 Å². The number of nitrogens with two attached hydrogens (primary N) is 2. The van der Waals surface area contributed by atoms with E-state index in [0.29, 0.717) is 12.2 Å². The Kier molecular flexibility index (Phi) is 13.6. The maximum atomic E-state index is 12.9. The van der Waals surface area contributed by atoms with Gasteiger partial charge in [-0.1, -0.05) is 34.1 Å².